The Morgan fingerprint density at radius 3 is 2.07 bits per heavy atom. The number of halogens is 2. The van der Waals surface area contributed by atoms with Gasteiger partial charge in [0.2, 0.25) is 0 Å². The maximum absolute atomic E-state index is 12.9. The molecule has 0 fully saturated rings. The van der Waals surface area contributed by atoms with Gasteiger partial charge in [-0.1, -0.05) is 6.07 Å². The normalized spacial score (nSPS) is 10.3. The first-order valence-electron chi connectivity index (χ1n) is 4.38. The van der Waals surface area contributed by atoms with E-state index in [1.807, 2.05) is 0 Å². The van der Waals surface area contributed by atoms with E-state index in [1.165, 1.54) is 0 Å². The second kappa shape index (κ2) is 3.32. The number of fused-ring (bicyclic) bond motifs is 1. The second-order valence-electron chi connectivity index (χ2n) is 3.36. The molecule has 1 nitrogen and oxygen atoms in total. The van der Waals surface area contributed by atoms with E-state index < -0.39 is 11.6 Å². The summed E-state index contributed by atoms with van der Waals surface area (Å²) in [5.74, 6) is -1.75. The van der Waals surface area contributed by atoms with Crippen LogP contribution < -0.4 is 0 Å². The fraction of sp³-hybridized carbons (Fsp3) is 0.0833. The van der Waals surface area contributed by atoms with Gasteiger partial charge in [0.25, 0.3) is 0 Å². The highest BCUT2D eigenvalue weighted by molar-refractivity contribution is 5.87. The maximum atomic E-state index is 12.9. The second-order valence-corrected chi connectivity index (χ2v) is 3.36. The summed E-state index contributed by atoms with van der Waals surface area (Å²) in [5, 5.41) is 1.16. The Morgan fingerprint density at radius 1 is 1.00 bits per heavy atom. The molecule has 0 amide bonds. The van der Waals surface area contributed by atoms with E-state index in [0.29, 0.717) is 16.5 Å². The van der Waals surface area contributed by atoms with Crippen LogP contribution in [0.2, 0.25) is 0 Å². The van der Waals surface area contributed by atoms with Gasteiger partial charge in [0.05, 0.1) is 6.57 Å². The molecule has 0 N–H and O–H groups in total. The van der Waals surface area contributed by atoms with Crippen molar-refractivity contribution in [2.75, 3.05) is 0 Å². The standard InChI is InChI=1S/C12H7F2N/c1-7-3-8-4-10(13)11(14)5-9(8)6-12(7)15-2/h3-6H,1H3. The lowest BCUT2D eigenvalue weighted by Gasteiger charge is -2.03. The summed E-state index contributed by atoms with van der Waals surface area (Å²) < 4.78 is 25.9. The molecule has 0 radical (unpaired) electrons. The van der Waals surface area contributed by atoms with Crippen molar-refractivity contribution in [3.05, 3.63) is 52.9 Å². The van der Waals surface area contributed by atoms with Crippen molar-refractivity contribution in [3.8, 4) is 0 Å². The molecular formula is C12H7F2N. The predicted octanol–water partition coefficient (Wildman–Crippen LogP) is 3.98. The van der Waals surface area contributed by atoms with Crippen molar-refractivity contribution in [1.29, 1.82) is 0 Å². The molecule has 2 aromatic carbocycles. The minimum atomic E-state index is -0.887. The third-order valence-corrected chi connectivity index (χ3v) is 2.31. The number of rotatable bonds is 0. The Bertz CT molecular complexity index is 582. The molecule has 15 heavy (non-hydrogen) atoms. The van der Waals surface area contributed by atoms with Crippen molar-refractivity contribution in [1.82, 2.24) is 0 Å². The van der Waals surface area contributed by atoms with E-state index in [4.69, 9.17) is 6.57 Å². The van der Waals surface area contributed by atoms with Crippen molar-refractivity contribution in [3.63, 3.8) is 0 Å². The van der Waals surface area contributed by atoms with Gasteiger partial charge in [-0.3, -0.25) is 0 Å². The Morgan fingerprint density at radius 2 is 1.53 bits per heavy atom. The summed E-state index contributed by atoms with van der Waals surface area (Å²) in [5.41, 5.74) is 1.23. The summed E-state index contributed by atoms with van der Waals surface area (Å²) in [6.07, 6.45) is 0. The predicted molar refractivity (Wildman–Crippen MR) is 54.9 cm³/mol. The molecule has 2 aromatic rings. The summed E-state index contributed by atoms with van der Waals surface area (Å²) in [7, 11) is 0. The van der Waals surface area contributed by atoms with E-state index in [9.17, 15) is 8.78 Å². The molecule has 3 heteroatoms. The number of hydrogen-bond acceptors (Lipinski definition) is 0. The van der Waals surface area contributed by atoms with Crippen LogP contribution in [0.1, 0.15) is 5.56 Å². The van der Waals surface area contributed by atoms with E-state index >= 15 is 0 Å². The Kier molecular flexibility index (Phi) is 2.12. The molecule has 0 saturated heterocycles. The Labute approximate surface area is 85.8 Å². The third kappa shape index (κ3) is 1.55. The van der Waals surface area contributed by atoms with Gasteiger partial charge in [0.1, 0.15) is 0 Å². The van der Waals surface area contributed by atoms with Crippen LogP contribution in [-0.2, 0) is 0 Å². The third-order valence-electron chi connectivity index (χ3n) is 2.31. The van der Waals surface area contributed by atoms with Crippen LogP contribution in [-0.4, -0.2) is 0 Å². The van der Waals surface area contributed by atoms with Crippen LogP contribution in [0, 0.1) is 25.1 Å². The number of hydrogen-bond donors (Lipinski definition) is 0. The highest BCUT2D eigenvalue weighted by Crippen LogP contribution is 2.27. The first-order valence-corrected chi connectivity index (χ1v) is 4.38. The summed E-state index contributed by atoms with van der Waals surface area (Å²) in [6, 6.07) is 5.51. The van der Waals surface area contributed by atoms with Gasteiger partial charge in [-0.2, -0.15) is 0 Å². The van der Waals surface area contributed by atoms with Crippen molar-refractivity contribution in [2.24, 2.45) is 0 Å². The van der Waals surface area contributed by atoms with Gasteiger partial charge in [-0.05, 0) is 41.5 Å². The lowest BCUT2D eigenvalue weighted by atomic mass is 10.1. The Balaban J connectivity index is 2.84. The van der Waals surface area contributed by atoms with E-state index in [0.717, 1.165) is 17.7 Å². The van der Waals surface area contributed by atoms with E-state index in [-0.39, 0.29) is 0 Å². The fourth-order valence-electron chi connectivity index (χ4n) is 1.52. The number of nitrogens with zero attached hydrogens (tertiary/aromatic N) is 1. The van der Waals surface area contributed by atoms with Gasteiger partial charge in [0.15, 0.2) is 17.3 Å². The van der Waals surface area contributed by atoms with E-state index in [2.05, 4.69) is 4.85 Å². The first kappa shape index (κ1) is 9.60. The van der Waals surface area contributed by atoms with Crippen LogP contribution in [0.4, 0.5) is 14.5 Å². The van der Waals surface area contributed by atoms with E-state index in [1.54, 1.807) is 19.1 Å². The molecule has 0 saturated carbocycles. The van der Waals surface area contributed by atoms with Crippen LogP contribution in [0.3, 0.4) is 0 Å². The maximum Gasteiger partial charge on any atom is 0.190 e. The van der Waals surface area contributed by atoms with Crippen LogP contribution >= 0.6 is 0 Å². The van der Waals surface area contributed by atoms with Crippen LogP contribution in [0.5, 0.6) is 0 Å². The minimum absolute atomic E-state index is 0.466. The number of benzene rings is 2. The fourth-order valence-corrected chi connectivity index (χ4v) is 1.52. The zero-order valence-electron chi connectivity index (χ0n) is 8.01. The first-order chi connectivity index (χ1) is 7.11. The molecule has 0 heterocycles. The molecule has 0 bridgehead atoms. The average molecular weight is 203 g/mol. The molecule has 2 rings (SSSR count). The summed E-state index contributed by atoms with van der Waals surface area (Å²) in [4.78, 5) is 3.31. The van der Waals surface area contributed by atoms with Gasteiger partial charge in [0, 0.05) is 0 Å². The van der Waals surface area contributed by atoms with Gasteiger partial charge < -0.3 is 0 Å². The lowest BCUT2D eigenvalue weighted by molar-refractivity contribution is 0.511. The summed E-state index contributed by atoms with van der Waals surface area (Å²) in [6.45, 7) is 8.68. The largest absolute Gasteiger partial charge is 0.238 e. The quantitative estimate of drug-likeness (QED) is 0.570. The van der Waals surface area contributed by atoms with Gasteiger partial charge >= 0.3 is 0 Å². The smallest absolute Gasteiger partial charge is 0.190 e. The average Bonchev–Trinajstić information content (AvgIpc) is 2.20. The molecule has 74 valence electrons. The molecular weight excluding hydrogens is 196 g/mol. The SMILES string of the molecule is [C-]#[N+]c1cc2cc(F)c(F)cc2cc1C. The van der Waals surface area contributed by atoms with Crippen LogP contribution in [0.25, 0.3) is 15.6 Å². The highest BCUT2D eigenvalue weighted by Gasteiger charge is 2.06. The van der Waals surface area contributed by atoms with Crippen molar-refractivity contribution in [2.45, 2.75) is 6.92 Å². The number of aryl methyl sites for hydroxylation is 1. The minimum Gasteiger partial charge on any atom is -0.238 e. The molecule has 0 aromatic heterocycles. The molecule has 0 aliphatic rings. The monoisotopic (exact) mass is 203 g/mol. The van der Waals surface area contributed by atoms with Gasteiger partial charge in [-0.25, -0.2) is 13.6 Å². The zero-order chi connectivity index (χ0) is 11.0. The molecule has 0 aliphatic carbocycles. The lowest BCUT2D eigenvalue weighted by Crippen LogP contribution is -1.85. The van der Waals surface area contributed by atoms with Crippen LogP contribution in [0.15, 0.2) is 24.3 Å². The molecule has 0 spiro atoms. The topological polar surface area (TPSA) is 4.36 Å². The van der Waals surface area contributed by atoms with Crippen molar-refractivity contribution < 1.29 is 8.78 Å². The Hall–Kier alpha value is -1.95. The highest BCUT2D eigenvalue weighted by atomic mass is 19.2. The van der Waals surface area contributed by atoms with Crippen molar-refractivity contribution >= 4 is 16.5 Å². The van der Waals surface area contributed by atoms with Gasteiger partial charge in [-0.15, -0.1) is 0 Å². The molecule has 0 unspecified atom stereocenters. The summed E-state index contributed by atoms with van der Waals surface area (Å²) >= 11 is 0. The molecule has 0 aliphatic heterocycles. The molecule has 0 atom stereocenters. The zero-order valence-corrected chi connectivity index (χ0v) is 8.01.